The van der Waals surface area contributed by atoms with Gasteiger partial charge in [-0.2, -0.15) is 13.2 Å². The van der Waals surface area contributed by atoms with E-state index in [9.17, 15) is 22.8 Å². The fourth-order valence-corrected chi connectivity index (χ4v) is 1.47. The molecule has 0 bridgehead atoms. The standard InChI is InChI=1S/C7H4BrF3N2O3/c8-4-5(7(9,10)11)12-2-13(6(4)16)1-3(14)15/h2H,1H2,(H,14,15). The van der Waals surface area contributed by atoms with E-state index in [0.29, 0.717) is 10.9 Å². The number of rotatable bonds is 2. The molecular weight excluding hydrogens is 297 g/mol. The first-order valence-electron chi connectivity index (χ1n) is 3.77. The molecule has 0 amide bonds. The van der Waals surface area contributed by atoms with E-state index in [0.717, 1.165) is 0 Å². The molecule has 9 heteroatoms. The monoisotopic (exact) mass is 300 g/mol. The zero-order chi connectivity index (χ0) is 12.5. The van der Waals surface area contributed by atoms with Crippen molar-refractivity contribution in [3.8, 4) is 0 Å². The van der Waals surface area contributed by atoms with Crippen molar-refractivity contribution in [1.29, 1.82) is 0 Å². The first kappa shape index (κ1) is 12.7. The van der Waals surface area contributed by atoms with E-state index in [1.54, 1.807) is 0 Å². The van der Waals surface area contributed by atoms with Crippen molar-refractivity contribution >= 4 is 21.9 Å². The van der Waals surface area contributed by atoms with Gasteiger partial charge in [-0.25, -0.2) is 4.98 Å². The molecule has 0 saturated heterocycles. The molecule has 0 spiro atoms. The molecule has 0 aliphatic rings. The fourth-order valence-electron chi connectivity index (χ4n) is 0.920. The number of carboxylic acids is 1. The van der Waals surface area contributed by atoms with Crippen LogP contribution in [0.2, 0.25) is 0 Å². The van der Waals surface area contributed by atoms with Crippen LogP contribution in [0.3, 0.4) is 0 Å². The SMILES string of the molecule is O=C(O)Cn1cnc(C(F)(F)F)c(Br)c1=O. The van der Waals surface area contributed by atoms with Gasteiger partial charge >= 0.3 is 12.1 Å². The van der Waals surface area contributed by atoms with Gasteiger partial charge < -0.3 is 5.11 Å². The summed E-state index contributed by atoms with van der Waals surface area (Å²) in [7, 11) is 0. The molecule has 5 nitrogen and oxygen atoms in total. The molecule has 1 aromatic heterocycles. The number of alkyl halides is 3. The molecule has 1 heterocycles. The summed E-state index contributed by atoms with van der Waals surface area (Å²) >= 11 is 2.45. The number of hydrogen-bond acceptors (Lipinski definition) is 3. The lowest BCUT2D eigenvalue weighted by Gasteiger charge is -2.09. The topological polar surface area (TPSA) is 72.2 Å². The van der Waals surface area contributed by atoms with Crippen LogP contribution in [0.1, 0.15) is 5.69 Å². The number of carbonyl (C=O) groups is 1. The summed E-state index contributed by atoms with van der Waals surface area (Å²) in [6, 6.07) is 0. The molecule has 1 aromatic rings. The first-order valence-corrected chi connectivity index (χ1v) is 4.56. The molecule has 88 valence electrons. The van der Waals surface area contributed by atoms with Crippen LogP contribution >= 0.6 is 15.9 Å². The van der Waals surface area contributed by atoms with Gasteiger partial charge in [-0.1, -0.05) is 0 Å². The lowest BCUT2D eigenvalue weighted by Crippen LogP contribution is -2.28. The molecule has 0 aliphatic carbocycles. The van der Waals surface area contributed by atoms with Crippen LogP contribution in [-0.2, 0) is 17.5 Å². The van der Waals surface area contributed by atoms with E-state index in [1.165, 1.54) is 0 Å². The van der Waals surface area contributed by atoms with Crippen LogP contribution in [0.4, 0.5) is 13.2 Å². The second-order valence-corrected chi connectivity index (χ2v) is 3.52. The van der Waals surface area contributed by atoms with E-state index in [1.807, 2.05) is 0 Å². The summed E-state index contributed by atoms with van der Waals surface area (Å²) in [5, 5.41) is 8.39. The Kier molecular flexibility index (Phi) is 3.36. The quantitative estimate of drug-likeness (QED) is 0.888. The zero-order valence-electron chi connectivity index (χ0n) is 7.45. The average Bonchev–Trinajstić information content (AvgIpc) is 2.10. The molecule has 0 aromatic carbocycles. The number of aromatic nitrogens is 2. The van der Waals surface area contributed by atoms with E-state index in [2.05, 4.69) is 20.9 Å². The Morgan fingerprint density at radius 2 is 2.12 bits per heavy atom. The number of aliphatic carboxylic acids is 1. The van der Waals surface area contributed by atoms with Crippen LogP contribution in [0, 0.1) is 0 Å². The smallest absolute Gasteiger partial charge is 0.434 e. The van der Waals surface area contributed by atoms with Crippen molar-refractivity contribution in [2.45, 2.75) is 12.7 Å². The molecule has 0 fully saturated rings. The molecule has 0 radical (unpaired) electrons. The van der Waals surface area contributed by atoms with E-state index in [4.69, 9.17) is 5.11 Å². The molecule has 0 saturated carbocycles. The number of halogens is 4. The van der Waals surface area contributed by atoms with Gasteiger partial charge in [0.1, 0.15) is 11.0 Å². The number of carboxylic acid groups (broad SMARTS) is 1. The maximum Gasteiger partial charge on any atom is 0.434 e. The number of hydrogen-bond donors (Lipinski definition) is 1. The van der Waals surface area contributed by atoms with Gasteiger partial charge in [0.2, 0.25) is 0 Å². The van der Waals surface area contributed by atoms with Crippen LogP contribution in [0.25, 0.3) is 0 Å². The second kappa shape index (κ2) is 4.24. The van der Waals surface area contributed by atoms with Gasteiger partial charge in [-0.15, -0.1) is 0 Å². The molecule has 1 N–H and O–H groups in total. The maximum absolute atomic E-state index is 12.3. The Morgan fingerprint density at radius 1 is 1.56 bits per heavy atom. The minimum Gasteiger partial charge on any atom is -0.480 e. The minimum absolute atomic E-state index is 0.546. The highest BCUT2D eigenvalue weighted by Crippen LogP contribution is 2.30. The molecular formula is C7H4BrF3N2O3. The normalized spacial score (nSPS) is 11.5. The summed E-state index contributed by atoms with van der Waals surface area (Å²) in [4.78, 5) is 24.6. The highest BCUT2D eigenvalue weighted by atomic mass is 79.9. The van der Waals surface area contributed by atoms with Crippen LogP contribution < -0.4 is 5.56 Å². The Morgan fingerprint density at radius 3 is 2.56 bits per heavy atom. The molecule has 0 unspecified atom stereocenters. The third kappa shape index (κ3) is 2.60. The van der Waals surface area contributed by atoms with Gasteiger partial charge in [-0.3, -0.25) is 14.2 Å². The van der Waals surface area contributed by atoms with E-state index in [-0.39, 0.29) is 0 Å². The van der Waals surface area contributed by atoms with Gasteiger partial charge in [-0.05, 0) is 15.9 Å². The lowest BCUT2D eigenvalue weighted by atomic mass is 10.4. The van der Waals surface area contributed by atoms with Crippen molar-refractivity contribution in [3.05, 3.63) is 26.8 Å². The van der Waals surface area contributed by atoms with E-state index < -0.39 is 34.4 Å². The maximum atomic E-state index is 12.3. The molecule has 1 rings (SSSR count). The zero-order valence-corrected chi connectivity index (χ0v) is 9.04. The first-order chi connectivity index (χ1) is 7.23. The van der Waals surface area contributed by atoms with Crippen molar-refractivity contribution in [2.75, 3.05) is 0 Å². The molecule has 0 atom stereocenters. The third-order valence-electron chi connectivity index (χ3n) is 1.56. The molecule has 16 heavy (non-hydrogen) atoms. The Balaban J connectivity index is 3.30. The van der Waals surface area contributed by atoms with Gasteiger partial charge in [0.15, 0.2) is 5.69 Å². The predicted molar refractivity (Wildman–Crippen MR) is 48.8 cm³/mol. The van der Waals surface area contributed by atoms with E-state index >= 15 is 0 Å². The summed E-state index contributed by atoms with van der Waals surface area (Å²) < 4.78 is 36.6. The van der Waals surface area contributed by atoms with Gasteiger partial charge in [0, 0.05) is 0 Å². The summed E-state index contributed by atoms with van der Waals surface area (Å²) in [6.07, 6.45) is -4.22. The number of nitrogens with zero attached hydrogens (tertiary/aromatic N) is 2. The van der Waals surface area contributed by atoms with Crippen molar-refractivity contribution < 1.29 is 23.1 Å². The van der Waals surface area contributed by atoms with Crippen molar-refractivity contribution in [1.82, 2.24) is 9.55 Å². The highest BCUT2D eigenvalue weighted by molar-refractivity contribution is 9.10. The Bertz CT molecular complexity index is 483. The lowest BCUT2D eigenvalue weighted by molar-refractivity contribution is -0.142. The third-order valence-corrected chi connectivity index (χ3v) is 2.27. The Labute approximate surface area is 94.7 Å². The summed E-state index contributed by atoms with van der Waals surface area (Å²) in [5.74, 6) is -1.35. The predicted octanol–water partition coefficient (Wildman–Crippen LogP) is 1.11. The minimum atomic E-state index is -4.76. The van der Waals surface area contributed by atoms with Gasteiger partial charge in [0.25, 0.3) is 5.56 Å². The summed E-state index contributed by atoms with van der Waals surface area (Å²) in [6.45, 7) is -0.747. The fraction of sp³-hybridized carbons (Fsp3) is 0.286. The average molecular weight is 301 g/mol. The van der Waals surface area contributed by atoms with Crippen LogP contribution in [0.5, 0.6) is 0 Å². The van der Waals surface area contributed by atoms with Gasteiger partial charge in [0.05, 0.1) is 6.33 Å². The van der Waals surface area contributed by atoms with Crippen LogP contribution in [-0.4, -0.2) is 20.6 Å². The Hall–Kier alpha value is -1.38. The van der Waals surface area contributed by atoms with Crippen molar-refractivity contribution in [2.24, 2.45) is 0 Å². The second-order valence-electron chi connectivity index (χ2n) is 2.73. The molecule has 0 aliphatic heterocycles. The largest absolute Gasteiger partial charge is 0.480 e. The van der Waals surface area contributed by atoms with Crippen molar-refractivity contribution in [3.63, 3.8) is 0 Å². The van der Waals surface area contributed by atoms with Crippen LogP contribution in [0.15, 0.2) is 15.6 Å². The summed E-state index contributed by atoms with van der Waals surface area (Å²) in [5.41, 5.74) is -2.47. The highest BCUT2D eigenvalue weighted by Gasteiger charge is 2.36.